The zero-order chi connectivity index (χ0) is 23.1. The van der Waals surface area contributed by atoms with Crippen LogP contribution in [0.3, 0.4) is 0 Å². The van der Waals surface area contributed by atoms with Crippen molar-refractivity contribution in [3.05, 3.63) is 67.6 Å². The Kier molecular flexibility index (Phi) is 5.71. The number of ether oxygens (including phenoxy) is 2. The van der Waals surface area contributed by atoms with E-state index < -0.39 is 5.60 Å². The van der Waals surface area contributed by atoms with Crippen molar-refractivity contribution in [2.24, 2.45) is 0 Å². The number of aromatic hydroxyl groups is 2. The van der Waals surface area contributed by atoms with E-state index in [1.165, 1.54) is 0 Å². The van der Waals surface area contributed by atoms with E-state index in [0.717, 1.165) is 52.4 Å². The molecule has 32 heavy (non-hydrogen) atoms. The lowest BCUT2D eigenvalue weighted by Gasteiger charge is -2.36. The van der Waals surface area contributed by atoms with Gasteiger partial charge in [0.15, 0.2) is 0 Å². The number of fused-ring (bicyclic) bond motifs is 1. The SMILES string of the molecule is CC1(COc2ccc(Cc3sc(=O)[nH]c3O)cc2)CCc2cc(O)c(C(C)(C)C)cc2O1. The highest BCUT2D eigenvalue weighted by molar-refractivity contribution is 7.09. The fourth-order valence-corrected chi connectivity index (χ4v) is 4.67. The van der Waals surface area contributed by atoms with Crippen molar-refractivity contribution >= 4 is 11.3 Å². The van der Waals surface area contributed by atoms with Gasteiger partial charge in [0, 0.05) is 12.0 Å². The Balaban J connectivity index is 1.42. The number of hydrogen-bond acceptors (Lipinski definition) is 6. The normalized spacial score (nSPS) is 18.1. The lowest BCUT2D eigenvalue weighted by Crippen LogP contribution is -2.42. The standard InChI is InChI=1S/C25H29NO5S/c1-24(2,3)18-13-20-16(12-19(18)27)9-10-25(4,31-20)14-30-17-7-5-15(6-8-17)11-21-22(28)26-23(29)32-21/h5-8,12-13,27-28H,9-11,14H2,1-4H3,(H,26,29). The van der Waals surface area contributed by atoms with Gasteiger partial charge in [0.05, 0.1) is 4.88 Å². The van der Waals surface area contributed by atoms with E-state index in [9.17, 15) is 15.0 Å². The van der Waals surface area contributed by atoms with Gasteiger partial charge in [-0.05, 0) is 60.6 Å². The first-order chi connectivity index (χ1) is 15.0. The number of phenolic OH excluding ortho intramolecular Hbond substituents is 1. The molecule has 1 unspecified atom stereocenters. The average molecular weight is 456 g/mol. The number of nitrogens with one attached hydrogen (secondary N) is 1. The molecule has 0 amide bonds. The van der Waals surface area contributed by atoms with Gasteiger partial charge in [-0.3, -0.25) is 9.78 Å². The van der Waals surface area contributed by atoms with Gasteiger partial charge in [0.25, 0.3) is 0 Å². The molecule has 6 nitrogen and oxygen atoms in total. The molecule has 1 aliphatic heterocycles. The van der Waals surface area contributed by atoms with Gasteiger partial charge >= 0.3 is 4.87 Å². The molecule has 4 rings (SSSR count). The average Bonchev–Trinajstić information content (AvgIpc) is 3.03. The predicted octanol–water partition coefficient (Wildman–Crippen LogP) is 4.90. The molecule has 0 spiro atoms. The smallest absolute Gasteiger partial charge is 0.307 e. The van der Waals surface area contributed by atoms with Crippen LogP contribution >= 0.6 is 11.3 Å². The second kappa shape index (κ2) is 8.20. The molecule has 7 heteroatoms. The minimum Gasteiger partial charge on any atom is -0.508 e. The molecule has 1 aromatic heterocycles. The molecule has 170 valence electrons. The molecule has 0 saturated heterocycles. The predicted molar refractivity (Wildman–Crippen MR) is 126 cm³/mol. The molecule has 0 bridgehead atoms. The fraction of sp³-hybridized carbons (Fsp3) is 0.400. The third-order valence-electron chi connectivity index (χ3n) is 5.80. The highest BCUT2D eigenvalue weighted by Gasteiger charge is 2.34. The summed E-state index contributed by atoms with van der Waals surface area (Å²) in [6.45, 7) is 8.66. The van der Waals surface area contributed by atoms with Crippen LogP contribution in [0.15, 0.2) is 41.2 Å². The number of rotatable bonds is 5. The van der Waals surface area contributed by atoms with E-state index in [1.807, 2.05) is 43.3 Å². The molecule has 0 aliphatic carbocycles. The summed E-state index contributed by atoms with van der Waals surface area (Å²) in [5.41, 5.74) is 2.22. The number of aryl methyl sites for hydroxylation is 1. The first-order valence-electron chi connectivity index (χ1n) is 10.7. The Morgan fingerprint density at radius 2 is 1.91 bits per heavy atom. The Morgan fingerprint density at radius 1 is 1.19 bits per heavy atom. The van der Waals surface area contributed by atoms with Crippen LogP contribution < -0.4 is 14.3 Å². The van der Waals surface area contributed by atoms with Gasteiger partial charge in [-0.1, -0.05) is 44.2 Å². The molecule has 1 aliphatic rings. The van der Waals surface area contributed by atoms with Gasteiger partial charge in [0.1, 0.15) is 29.5 Å². The monoisotopic (exact) mass is 455 g/mol. The molecule has 1 atom stereocenters. The van der Waals surface area contributed by atoms with E-state index in [-0.39, 0.29) is 16.2 Å². The van der Waals surface area contributed by atoms with Gasteiger partial charge < -0.3 is 19.7 Å². The lowest BCUT2D eigenvalue weighted by molar-refractivity contribution is 0.0173. The van der Waals surface area contributed by atoms with Crippen LogP contribution in [0.5, 0.6) is 23.1 Å². The van der Waals surface area contributed by atoms with Crippen LogP contribution in [0, 0.1) is 0 Å². The van der Waals surface area contributed by atoms with Crippen LogP contribution in [0.25, 0.3) is 0 Å². The van der Waals surface area contributed by atoms with Crippen LogP contribution in [0.4, 0.5) is 0 Å². The van der Waals surface area contributed by atoms with E-state index in [4.69, 9.17) is 9.47 Å². The Morgan fingerprint density at radius 3 is 2.53 bits per heavy atom. The van der Waals surface area contributed by atoms with Crippen molar-refractivity contribution in [1.82, 2.24) is 4.98 Å². The third kappa shape index (κ3) is 4.78. The first kappa shape index (κ1) is 22.3. The van der Waals surface area contributed by atoms with Crippen molar-refractivity contribution in [1.29, 1.82) is 0 Å². The van der Waals surface area contributed by atoms with Crippen molar-refractivity contribution in [2.45, 2.75) is 58.0 Å². The maximum Gasteiger partial charge on any atom is 0.307 e. The van der Waals surface area contributed by atoms with Crippen molar-refractivity contribution in [3.63, 3.8) is 0 Å². The number of aromatic nitrogens is 1. The molecule has 0 saturated carbocycles. The minimum absolute atomic E-state index is 0.0640. The van der Waals surface area contributed by atoms with Crippen LogP contribution in [0.2, 0.25) is 0 Å². The van der Waals surface area contributed by atoms with Crippen LogP contribution in [-0.2, 0) is 18.3 Å². The van der Waals surface area contributed by atoms with Crippen molar-refractivity contribution in [2.75, 3.05) is 6.61 Å². The first-order valence-corrected chi connectivity index (χ1v) is 11.5. The second-order valence-corrected chi connectivity index (χ2v) is 10.7. The topological polar surface area (TPSA) is 91.8 Å². The Labute approximate surface area is 191 Å². The van der Waals surface area contributed by atoms with Gasteiger partial charge in [-0.25, -0.2) is 0 Å². The van der Waals surface area contributed by atoms with E-state index >= 15 is 0 Å². The minimum atomic E-state index is -0.471. The fourth-order valence-electron chi connectivity index (χ4n) is 3.92. The van der Waals surface area contributed by atoms with Gasteiger partial charge in [0.2, 0.25) is 5.88 Å². The summed E-state index contributed by atoms with van der Waals surface area (Å²) in [5.74, 6) is 1.80. The number of thiazole rings is 1. The largest absolute Gasteiger partial charge is 0.508 e. The molecule has 2 heterocycles. The Bertz CT molecular complexity index is 1170. The third-order valence-corrected chi connectivity index (χ3v) is 6.67. The molecular weight excluding hydrogens is 426 g/mol. The number of benzene rings is 2. The highest BCUT2D eigenvalue weighted by atomic mass is 32.1. The molecule has 2 aromatic carbocycles. The maximum absolute atomic E-state index is 11.3. The molecule has 0 fully saturated rings. The number of phenols is 1. The van der Waals surface area contributed by atoms with Crippen LogP contribution in [-0.4, -0.2) is 27.4 Å². The summed E-state index contributed by atoms with van der Waals surface area (Å²) in [6, 6.07) is 11.4. The zero-order valence-electron chi connectivity index (χ0n) is 18.8. The highest BCUT2D eigenvalue weighted by Crippen LogP contribution is 2.41. The summed E-state index contributed by atoms with van der Waals surface area (Å²) in [6.07, 6.45) is 2.09. The maximum atomic E-state index is 11.3. The van der Waals surface area contributed by atoms with E-state index in [0.29, 0.717) is 23.7 Å². The van der Waals surface area contributed by atoms with Crippen molar-refractivity contribution in [3.8, 4) is 23.1 Å². The number of hydrogen-bond donors (Lipinski definition) is 3. The molecular formula is C25H29NO5S. The van der Waals surface area contributed by atoms with Gasteiger partial charge in [-0.2, -0.15) is 0 Å². The van der Waals surface area contributed by atoms with Gasteiger partial charge in [-0.15, -0.1) is 0 Å². The van der Waals surface area contributed by atoms with Crippen molar-refractivity contribution < 1.29 is 19.7 Å². The molecule has 3 N–H and O–H groups in total. The summed E-state index contributed by atoms with van der Waals surface area (Å²) in [7, 11) is 0. The second-order valence-electron chi connectivity index (χ2n) is 9.67. The van der Waals surface area contributed by atoms with E-state index in [1.54, 1.807) is 0 Å². The molecule has 3 aromatic rings. The summed E-state index contributed by atoms with van der Waals surface area (Å²) >= 11 is 1.01. The summed E-state index contributed by atoms with van der Waals surface area (Å²) in [5, 5.41) is 20.2. The number of aromatic amines is 1. The summed E-state index contributed by atoms with van der Waals surface area (Å²) in [4.78, 5) is 14.1. The zero-order valence-corrected chi connectivity index (χ0v) is 19.6. The van der Waals surface area contributed by atoms with Crippen LogP contribution in [0.1, 0.15) is 55.7 Å². The summed E-state index contributed by atoms with van der Waals surface area (Å²) < 4.78 is 12.4. The van der Waals surface area contributed by atoms with E-state index in [2.05, 4.69) is 25.8 Å². The quantitative estimate of drug-likeness (QED) is 0.509. The lowest BCUT2D eigenvalue weighted by atomic mass is 9.84. The molecule has 0 radical (unpaired) electrons. The number of H-pyrrole nitrogens is 1. The Hall–Kier alpha value is -2.93.